The van der Waals surface area contributed by atoms with Gasteiger partial charge in [-0.3, -0.25) is 9.69 Å². The number of carbonyl (C=O) groups excluding carboxylic acids is 1. The molecule has 6 heteroatoms. The summed E-state index contributed by atoms with van der Waals surface area (Å²) in [6, 6.07) is -0.0879. The van der Waals surface area contributed by atoms with E-state index in [-0.39, 0.29) is 12.6 Å². The topological polar surface area (TPSA) is 72.9 Å². The van der Waals surface area contributed by atoms with Crippen molar-refractivity contribution < 1.29 is 14.7 Å². The average Bonchev–Trinajstić information content (AvgIpc) is 2.59. The van der Waals surface area contributed by atoms with E-state index in [4.69, 9.17) is 5.11 Å². The predicted molar refractivity (Wildman–Crippen MR) is 71.7 cm³/mol. The molecule has 0 saturated carbocycles. The van der Waals surface area contributed by atoms with Gasteiger partial charge in [-0.15, -0.1) is 11.8 Å². The second kappa shape index (κ2) is 8.38. The Morgan fingerprint density at radius 2 is 2.05 bits per heavy atom. The van der Waals surface area contributed by atoms with Crippen LogP contribution in [0.1, 0.15) is 19.8 Å². The first-order valence-corrected chi connectivity index (χ1v) is 6.50. The Labute approximate surface area is 113 Å². The number of carboxylic acids is 1. The fourth-order valence-electron chi connectivity index (χ4n) is 1.99. The lowest BCUT2D eigenvalue weighted by molar-refractivity contribution is -0.138. The molecule has 6 nitrogen and oxygen atoms in total. The van der Waals surface area contributed by atoms with Crippen LogP contribution >= 0.6 is 0 Å². The number of nitrogens with zero attached hydrogens (tertiary/aromatic N) is 2. The summed E-state index contributed by atoms with van der Waals surface area (Å²) in [6.45, 7) is 4.93. The first kappa shape index (κ1) is 15.3. The van der Waals surface area contributed by atoms with E-state index in [2.05, 4.69) is 17.2 Å². The molecule has 1 fully saturated rings. The molecular weight excluding hydrogens is 246 g/mol. The highest BCUT2D eigenvalue weighted by molar-refractivity contribution is 5.74. The number of hydrogen-bond donors (Lipinski definition) is 2. The summed E-state index contributed by atoms with van der Waals surface area (Å²) in [4.78, 5) is 26.1. The fraction of sp³-hybridized carbons (Fsp3) is 0.692. The van der Waals surface area contributed by atoms with Gasteiger partial charge in [0, 0.05) is 39.1 Å². The van der Waals surface area contributed by atoms with Crippen LogP contribution in [-0.2, 0) is 4.79 Å². The highest BCUT2D eigenvalue weighted by Gasteiger charge is 2.19. The first-order chi connectivity index (χ1) is 9.13. The van der Waals surface area contributed by atoms with Crippen molar-refractivity contribution in [3.05, 3.63) is 0 Å². The van der Waals surface area contributed by atoms with E-state index in [1.165, 1.54) is 0 Å². The van der Waals surface area contributed by atoms with Crippen LogP contribution in [0.4, 0.5) is 4.79 Å². The zero-order valence-electron chi connectivity index (χ0n) is 11.3. The van der Waals surface area contributed by atoms with E-state index in [1.54, 1.807) is 11.8 Å². The fourth-order valence-corrected chi connectivity index (χ4v) is 1.99. The molecule has 1 saturated heterocycles. The molecule has 0 radical (unpaired) electrons. The zero-order chi connectivity index (χ0) is 14.1. The Morgan fingerprint density at radius 1 is 1.26 bits per heavy atom. The number of aliphatic carboxylic acids is 1. The summed E-state index contributed by atoms with van der Waals surface area (Å²) in [5.41, 5.74) is 0. The van der Waals surface area contributed by atoms with Crippen molar-refractivity contribution >= 4 is 12.0 Å². The van der Waals surface area contributed by atoms with Crippen LogP contribution in [0.5, 0.6) is 0 Å². The van der Waals surface area contributed by atoms with Gasteiger partial charge in [-0.2, -0.15) is 0 Å². The normalized spacial score (nSPS) is 16.2. The lowest BCUT2D eigenvalue weighted by Crippen LogP contribution is -2.42. The molecule has 0 bridgehead atoms. The van der Waals surface area contributed by atoms with Crippen LogP contribution < -0.4 is 5.32 Å². The molecular formula is C13H21N3O3. The van der Waals surface area contributed by atoms with Gasteiger partial charge in [0.25, 0.3) is 0 Å². The number of hydrogen-bond acceptors (Lipinski definition) is 3. The van der Waals surface area contributed by atoms with Crippen molar-refractivity contribution in [2.45, 2.75) is 19.8 Å². The Balaban J connectivity index is 2.32. The van der Waals surface area contributed by atoms with Crippen molar-refractivity contribution in [2.75, 3.05) is 39.3 Å². The summed E-state index contributed by atoms with van der Waals surface area (Å²) < 4.78 is 0. The highest BCUT2D eigenvalue weighted by atomic mass is 16.4. The van der Waals surface area contributed by atoms with Crippen molar-refractivity contribution in [1.29, 1.82) is 0 Å². The number of rotatable bonds is 4. The number of nitrogens with one attached hydrogen (secondary N) is 1. The molecule has 0 unspecified atom stereocenters. The Morgan fingerprint density at radius 3 is 2.74 bits per heavy atom. The molecule has 19 heavy (non-hydrogen) atoms. The summed E-state index contributed by atoms with van der Waals surface area (Å²) >= 11 is 0. The van der Waals surface area contributed by atoms with E-state index in [0.29, 0.717) is 32.6 Å². The molecule has 0 aliphatic carbocycles. The van der Waals surface area contributed by atoms with Crippen molar-refractivity contribution in [3.63, 3.8) is 0 Å². The summed E-state index contributed by atoms with van der Waals surface area (Å²) in [7, 11) is 0. The van der Waals surface area contributed by atoms with Gasteiger partial charge in [0.2, 0.25) is 0 Å². The van der Waals surface area contributed by atoms with Gasteiger partial charge in [-0.25, -0.2) is 4.79 Å². The van der Waals surface area contributed by atoms with Crippen LogP contribution in [-0.4, -0.2) is 66.2 Å². The number of carbonyl (C=O) groups is 2. The van der Waals surface area contributed by atoms with Gasteiger partial charge in [0.1, 0.15) is 0 Å². The quantitative estimate of drug-likeness (QED) is 0.564. The molecule has 0 aromatic rings. The summed E-state index contributed by atoms with van der Waals surface area (Å²) in [5.74, 6) is 4.85. The van der Waals surface area contributed by atoms with E-state index in [1.807, 2.05) is 4.90 Å². The van der Waals surface area contributed by atoms with E-state index < -0.39 is 5.97 Å². The first-order valence-electron chi connectivity index (χ1n) is 6.50. The molecule has 1 heterocycles. The molecule has 0 aromatic carbocycles. The third-order valence-corrected chi connectivity index (χ3v) is 2.94. The number of urea groups is 1. The van der Waals surface area contributed by atoms with Gasteiger partial charge in [-0.05, 0) is 13.3 Å². The van der Waals surface area contributed by atoms with Gasteiger partial charge in [-0.1, -0.05) is 0 Å². The van der Waals surface area contributed by atoms with Crippen LogP contribution in [0.15, 0.2) is 0 Å². The average molecular weight is 267 g/mol. The molecule has 2 N–H and O–H groups in total. The second-order valence-electron chi connectivity index (χ2n) is 4.42. The maximum Gasteiger partial charge on any atom is 0.317 e. The SMILES string of the molecule is CC#CCCNC(=O)N1CCCN(CC(=O)O)CC1. The van der Waals surface area contributed by atoms with Gasteiger partial charge in [0.05, 0.1) is 6.54 Å². The Kier molecular flexibility index (Phi) is 6.75. The van der Waals surface area contributed by atoms with Crippen LogP contribution in [0, 0.1) is 11.8 Å². The smallest absolute Gasteiger partial charge is 0.317 e. The van der Waals surface area contributed by atoms with Crippen LogP contribution in [0.3, 0.4) is 0 Å². The van der Waals surface area contributed by atoms with E-state index in [9.17, 15) is 9.59 Å². The van der Waals surface area contributed by atoms with Crippen molar-refractivity contribution in [1.82, 2.24) is 15.1 Å². The number of carboxylic acid groups (broad SMARTS) is 1. The van der Waals surface area contributed by atoms with E-state index >= 15 is 0 Å². The lowest BCUT2D eigenvalue weighted by atomic mass is 10.4. The maximum absolute atomic E-state index is 11.9. The van der Waals surface area contributed by atoms with E-state index in [0.717, 1.165) is 13.0 Å². The zero-order valence-corrected chi connectivity index (χ0v) is 11.3. The monoisotopic (exact) mass is 267 g/mol. The maximum atomic E-state index is 11.9. The molecule has 1 aliphatic rings. The van der Waals surface area contributed by atoms with Gasteiger partial charge in [0.15, 0.2) is 0 Å². The Hall–Kier alpha value is -1.74. The standard InChI is InChI=1S/C13H21N3O3/c1-2-3-4-6-14-13(19)16-8-5-7-15(9-10-16)11-12(17)18/h4-11H2,1H3,(H,14,19)(H,17,18). The van der Waals surface area contributed by atoms with Gasteiger partial charge >= 0.3 is 12.0 Å². The third kappa shape index (κ3) is 6.11. The largest absolute Gasteiger partial charge is 0.480 e. The molecule has 1 aliphatic heterocycles. The molecule has 0 aromatic heterocycles. The minimum absolute atomic E-state index is 0.0432. The minimum atomic E-state index is -0.823. The molecule has 0 atom stereocenters. The number of amides is 2. The molecule has 106 valence electrons. The second-order valence-corrected chi connectivity index (χ2v) is 4.42. The summed E-state index contributed by atoms with van der Waals surface area (Å²) in [5, 5.41) is 11.6. The molecule has 0 spiro atoms. The minimum Gasteiger partial charge on any atom is -0.480 e. The predicted octanol–water partition coefficient (Wildman–Crippen LogP) is 0.202. The third-order valence-electron chi connectivity index (χ3n) is 2.94. The lowest BCUT2D eigenvalue weighted by Gasteiger charge is -2.21. The highest BCUT2D eigenvalue weighted by Crippen LogP contribution is 2.03. The van der Waals surface area contributed by atoms with Crippen LogP contribution in [0.25, 0.3) is 0 Å². The van der Waals surface area contributed by atoms with Gasteiger partial charge < -0.3 is 15.3 Å². The van der Waals surface area contributed by atoms with Crippen molar-refractivity contribution in [2.24, 2.45) is 0 Å². The Bertz CT molecular complexity index is 373. The van der Waals surface area contributed by atoms with Crippen molar-refractivity contribution in [3.8, 4) is 11.8 Å². The molecule has 2 amide bonds. The summed E-state index contributed by atoms with van der Waals surface area (Å²) in [6.07, 6.45) is 1.46. The molecule has 1 rings (SSSR count). The van der Waals surface area contributed by atoms with Crippen LogP contribution in [0.2, 0.25) is 0 Å².